The molecule has 2 N–H and O–H groups in total. The molecular weight excluding hydrogens is 158 g/mol. The fourth-order valence-electron chi connectivity index (χ4n) is 0.692. The van der Waals surface area contributed by atoms with Crippen LogP contribution in [-0.4, -0.2) is 23.8 Å². The van der Waals surface area contributed by atoms with Gasteiger partial charge in [0.25, 0.3) is 0 Å². The van der Waals surface area contributed by atoms with Crippen molar-refractivity contribution >= 4 is 17.5 Å². The zero-order valence-electron chi connectivity index (χ0n) is 7.09. The summed E-state index contributed by atoms with van der Waals surface area (Å²) < 4.78 is 0. The lowest BCUT2D eigenvalue weighted by Crippen LogP contribution is -2.31. The minimum atomic E-state index is -0.347. The zero-order valence-corrected chi connectivity index (χ0v) is 7.91. The van der Waals surface area contributed by atoms with Crippen molar-refractivity contribution in [1.82, 2.24) is 0 Å². The number of rotatable bonds is 5. The molecule has 0 heterocycles. The standard InChI is InChI=1S/C8H15NOS/c1-6(2)8(10)7(9)4-5-11-3/h7H,1,4-5,9H2,2-3H3. The van der Waals surface area contributed by atoms with Gasteiger partial charge in [0, 0.05) is 0 Å². The smallest absolute Gasteiger partial charge is 0.174 e. The van der Waals surface area contributed by atoms with Gasteiger partial charge in [-0.15, -0.1) is 0 Å². The molecule has 0 aromatic heterocycles. The molecule has 0 radical (unpaired) electrons. The molecule has 0 aliphatic rings. The molecule has 0 aliphatic carbocycles. The van der Waals surface area contributed by atoms with Gasteiger partial charge in [0.05, 0.1) is 6.04 Å². The first kappa shape index (κ1) is 10.7. The van der Waals surface area contributed by atoms with E-state index in [0.29, 0.717) is 5.57 Å². The highest BCUT2D eigenvalue weighted by atomic mass is 32.2. The van der Waals surface area contributed by atoms with Crippen LogP contribution in [0.1, 0.15) is 13.3 Å². The van der Waals surface area contributed by atoms with E-state index in [1.165, 1.54) is 0 Å². The fraction of sp³-hybridized carbons (Fsp3) is 0.625. The highest BCUT2D eigenvalue weighted by Crippen LogP contribution is 2.02. The molecule has 0 aliphatic heterocycles. The Hall–Kier alpha value is -0.280. The number of hydrogen-bond donors (Lipinski definition) is 1. The second-order valence-electron chi connectivity index (χ2n) is 2.53. The highest BCUT2D eigenvalue weighted by molar-refractivity contribution is 7.98. The Labute approximate surface area is 72.2 Å². The molecule has 0 rings (SSSR count). The summed E-state index contributed by atoms with van der Waals surface area (Å²) in [6, 6.07) is -0.347. The van der Waals surface area contributed by atoms with E-state index < -0.39 is 0 Å². The summed E-state index contributed by atoms with van der Waals surface area (Å²) in [4.78, 5) is 11.1. The SMILES string of the molecule is C=C(C)C(=O)C(N)CCSC. The van der Waals surface area contributed by atoms with Crippen molar-refractivity contribution in [3.63, 3.8) is 0 Å². The van der Waals surface area contributed by atoms with Crippen LogP contribution >= 0.6 is 11.8 Å². The Morgan fingerprint density at radius 3 is 2.64 bits per heavy atom. The number of carbonyl (C=O) groups is 1. The van der Waals surface area contributed by atoms with E-state index in [-0.39, 0.29) is 11.8 Å². The fourth-order valence-corrected chi connectivity index (χ4v) is 1.18. The minimum Gasteiger partial charge on any atom is -0.321 e. The Morgan fingerprint density at radius 1 is 1.73 bits per heavy atom. The number of hydrogen-bond acceptors (Lipinski definition) is 3. The van der Waals surface area contributed by atoms with Crippen LogP contribution in [-0.2, 0) is 4.79 Å². The van der Waals surface area contributed by atoms with Gasteiger partial charge in [-0.1, -0.05) is 6.58 Å². The monoisotopic (exact) mass is 173 g/mol. The predicted octanol–water partition coefficient (Wildman–Crippen LogP) is 1.21. The molecule has 0 bridgehead atoms. The Bertz CT molecular complexity index is 156. The van der Waals surface area contributed by atoms with Crippen LogP contribution in [0, 0.1) is 0 Å². The molecule has 3 heteroatoms. The summed E-state index contributed by atoms with van der Waals surface area (Å²) in [6.45, 7) is 5.24. The largest absolute Gasteiger partial charge is 0.321 e. The molecular formula is C8H15NOS. The molecule has 0 saturated heterocycles. The molecule has 0 aromatic carbocycles. The van der Waals surface area contributed by atoms with Crippen molar-refractivity contribution in [3.05, 3.63) is 12.2 Å². The van der Waals surface area contributed by atoms with Crippen LogP contribution in [0.4, 0.5) is 0 Å². The molecule has 0 amide bonds. The molecule has 1 atom stereocenters. The quantitative estimate of drug-likeness (QED) is 0.635. The molecule has 1 unspecified atom stereocenters. The van der Waals surface area contributed by atoms with Crippen LogP contribution in [0.15, 0.2) is 12.2 Å². The normalized spacial score (nSPS) is 12.6. The minimum absolute atomic E-state index is 0.0148. The summed E-state index contributed by atoms with van der Waals surface area (Å²) in [5, 5.41) is 0. The topological polar surface area (TPSA) is 43.1 Å². The van der Waals surface area contributed by atoms with Gasteiger partial charge in [-0.3, -0.25) is 4.79 Å². The first-order chi connectivity index (χ1) is 5.09. The maximum absolute atomic E-state index is 11.1. The summed E-state index contributed by atoms with van der Waals surface area (Å²) in [6.07, 6.45) is 2.74. The number of thioether (sulfide) groups is 1. The van der Waals surface area contributed by atoms with Crippen LogP contribution in [0.5, 0.6) is 0 Å². The molecule has 11 heavy (non-hydrogen) atoms. The van der Waals surface area contributed by atoms with Gasteiger partial charge < -0.3 is 5.73 Å². The van der Waals surface area contributed by atoms with Gasteiger partial charge in [-0.05, 0) is 30.9 Å². The maximum Gasteiger partial charge on any atom is 0.174 e. The second-order valence-corrected chi connectivity index (χ2v) is 3.52. The lowest BCUT2D eigenvalue weighted by molar-refractivity contribution is -0.116. The number of carbonyl (C=O) groups excluding carboxylic acids is 1. The van der Waals surface area contributed by atoms with Crippen molar-refractivity contribution in [2.24, 2.45) is 5.73 Å². The van der Waals surface area contributed by atoms with Gasteiger partial charge in [0.1, 0.15) is 0 Å². The zero-order chi connectivity index (χ0) is 8.85. The maximum atomic E-state index is 11.1. The van der Waals surface area contributed by atoms with Crippen molar-refractivity contribution in [2.75, 3.05) is 12.0 Å². The van der Waals surface area contributed by atoms with Crippen molar-refractivity contribution in [1.29, 1.82) is 0 Å². The van der Waals surface area contributed by atoms with Gasteiger partial charge in [0.15, 0.2) is 5.78 Å². The third kappa shape index (κ3) is 4.22. The van der Waals surface area contributed by atoms with Gasteiger partial charge in [0.2, 0.25) is 0 Å². The third-order valence-corrected chi connectivity index (χ3v) is 2.03. The summed E-state index contributed by atoms with van der Waals surface area (Å²) in [7, 11) is 0. The lowest BCUT2D eigenvalue weighted by Gasteiger charge is -2.08. The van der Waals surface area contributed by atoms with Crippen LogP contribution in [0.2, 0.25) is 0 Å². The van der Waals surface area contributed by atoms with E-state index in [0.717, 1.165) is 12.2 Å². The van der Waals surface area contributed by atoms with Gasteiger partial charge >= 0.3 is 0 Å². The van der Waals surface area contributed by atoms with E-state index in [9.17, 15) is 4.79 Å². The van der Waals surface area contributed by atoms with Crippen LogP contribution < -0.4 is 5.73 Å². The van der Waals surface area contributed by atoms with E-state index >= 15 is 0 Å². The average Bonchev–Trinajstić information content (AvgIpc) is 1.98. The Balaban J connectivity index is 3.73. The lowest BCUT2D eigenvalue weighted by atomic mass is 10.1. The molecule has 0 saturated carbocycles. The van der Waals surface area contributed by atoms with Gasteiger partial charge in [-0.2, -0.15) is 11.8 Å². The second kappa shape index (κ2) is 5.38. The number of ketones is 1. The number of Topliss-reactive ketones (excluding diaryl/α,β-unsaturated/α-hetero) is 1. The number of nitrogens with two attached hydrogens (primary N) is 1. The summed E-state index contributed by atoms with van der Waals surface area (Å²) in [5.74, 6) is 0.916. The van der Waals surface area contributed by atoms with Crippen LogP contribution in [0.3, 0.4) is 0 Å². The van der Waals surface area contributed by atoms with Gasteiger partial charge in [-0.25, -0.2) is 0 Å². The van der Waals surface area contributed by atoms with Crippen LogP contribution in [0.25, 0.3) is 0 Å². The molecule has 64 valence electrons. The van der Waals surface area contributed by atoms with E-state index in [2.05, 4.69) is 6.58 Å². The highest BCUT2D eigenvalue weighted by Gasteiger charge is 2.12. The Kier molecular flexibility index (Phi) is 5.24. The van der Waals surface area contributed by atoms with E-state index in [4.69, 9.17) is 5.73 Å². The molecule has 0 fully saturated rings. The predicted molar refractivity (Wildman–Crippen MR) is 50.8 cm³/mol. The average molecular weight is 173 g/mol. The first-order valence-corrected chi connectivity index (χ1v) is 4.93. The van der Waals surface area contributed by atoms with Crippen molar-refractivity contribution in [3.8, 4) is 0 Å². The summed E-state index contributed by atoms with van der Waals surface area (Å²) >= 11 is 1.70. The van der Waals surface area contributed by atoms with Crippen molar-refractivity contribution in [2.45, 2.75) is 19.4 Å². The Morgan fingerprint density at radius 2 is 2.27 bits per heavy atom. The molecule has 2 nitrogen and oxygen atoms in total. The molecule has 0 aromatic rings. The van der Waals surface area contributed by atoms with E-state index in [1.54, 1.807) is 18.7 Å². The molecule has 0 spiro atoms. The third-order valence-electron chi connectivity index (χ3n) is 1.39. The van der Waals surface area contributed by atoms with E-state index in [1.807, 2.05) is 6.26 Å². The first-order valence-electron chi connectivity index (χ1n) is 3.53. The van der Waals surface area contributed by atoms with Crippen molar-refractivity contribution < 1.29 is 4.79 Å². The summed E-state index contributed by atoms with van der Waals surface area (Å²) in [5.41, 5.74) is 6.13.